The fraction of sp³-hybridized carbons (Fsp3) is 0.231. The molecule has 0 radical (unpaired) electrons. The predicted molar refractivity (Wildman–Crippen MR) is 77.9 cm³/mol. The van der Waals surface area contributed by atoms with Gasteiger partial charge in [0.1, 0.15) is 0 Å². The molecule has 1 aromatic carbocycles. The van der Waals surface area contributed by atoms with E-state index in [1.807, 2.05) is 18.2 Å². The second kappa shape index (κ2) is 4.76. The molecule has 1 aliphatic carbocycles. The summed E-state index contributed by atoms with van der Waals surface area (Å²) in [4.78, 5) is 11.3. The topological polar surface area (TPSA) is 55.1 Å². The van der Waals surface area contributed by atoms with Gasteiger partial charge in [0.15, 0.2) is 5.69 Å². The zero-order valence-corrected chi connectivity index (χ0v) is 13.0. The summed E-state index contributed by atoms with van der Waals surface area (Å²) >= 11 is 6.92. The Bertz CT molecular complexity index is 680. The molecule has 1 aliphatic rings. The zero-order valence-electron chi connectivity index (χ0n) is 9.86. The zero-order chi connectivity index (χ0) is 13.6. The van der Waals surface area contributed by atoms with Gasteiger partial charge in [-0.1, -0.05) is 15.9 Å². The van der Waals surface area contributed by atoms with Crippen molar-refractivity contribution in [2.75, 3.05) is 0 Å². The van der Waals surface area contributed by atoms with Crippen molar-refractivity contribution in [3.8, 4) is 5.69 Å². The Morgan fingerprint density at radius 3 is 2.84 bits per heavy atom. The normalized spacial score (nSPS) is 13.6. The second-order valence-electron chi connectivity index (χ2n) is 4.44. The maximum atomic E-state index is 11.3. The van der Waals surface area contributed by atoms with Crippen LogP contribution in [0.1, 0.15) is 28.2 Å². The number of carboxylic acid groups (broad SMARTS) is 1. The van der Waals surface area contributed by atoms with Crippen LogP contribution in [0.4, 0.5) is 0 Å². The molecular weight excluding hydrogens is 376 g/mol. The molecule has 0 saturated carbocycles. The molecule has 0 spiro atoms. The molecule has 19 heavy (non-hydrogen) atoms. The number of nitrogens with zero attached hydrogens (tertiary/aromatic N) is 2. The van der Waals surface area contributed by atoms with Gasteiger partial charge in [-0.05, 0) is 53.4 Å². The SMILES string of the molecule is O=C(O)c1nn(-c2cc(Br)ccc2Br)c2c1CCC2. The van der Waals surface area contributed by atoms with E-state index in [0.717, 1.165) is 45.2 Å². The summed E-state index contributed by atoms with van der Waals surface area (Å²) in [5, 5.41) is 13.5. The second-order valence-corrected chi connectivity index (χ2v) is 6.21. The van der Waals surface area contributed by atoms with Crippen LogP contribution in [-0.4, -0.2) is 20.9 Å². The quantitative estimate of drug-likeness (QED) is 0.859. The first kappa shape index (κ1) is 12.9. The van der Waals surface area contributed by atoms with Crippen molar-refractivity contribution >= 4 is 37.8 Å². The largest absolute Gasteiger partial charge is 0.476 e. The van der Waals surface area contributed by atoms with E-state index >= 15 is 0 Å². The standard InChI is InChI=1S/C13H10Br2N2O2/c14-7-4-5-9(15)11(6-7)17-10-3-1-2-8(10)12(16-17)13(18)19/h4-6H,1-3H2,(H,18,19). The fourth-order valence-corrected chi connectivity index (χ4v) is 3.22. The van der Waals surface area contributed by atoms with Crippen molar-refractivity contribution in [1.29, 1.82) is 0 Å². The number of hydrogen-bond donors (Lipinski definition) is 1. The van der Waals surface area contributed by atoms with Gasteiger partial charge in [-0.25, -0.2) is 9.48 Å². The molecule has 98 valence electrons. The molecule has 1 aromatic heterocycles. The average Bonchev–Trinajstić information content (AvgIpc) is 2.93. The maximum absolute atomic E-state index is 11.3. The van der Waals surface area contributed by atoms with Gasteiger partial charge in [0.25, 0.3) is 0 Å². The molecule has 0 saturated heterocycles. The molecule has 6 heteroatoms. The van der Waals surface area contributed by atoms with Gasteiger partial charge in [-0.3, -0.25) is 0 Å². The molecule has 0 amide bonds. The van der Waals surface area contributed by atoms with Crippen LogP contribution in [0.3, 0.4) is 0 Å². The summed E-state index contributed by atoms with van der Waals surface area (Å²) in [5.41, 5.74) is 2.93. The van der Waals surface area contributed by atoms with Crippen LogP contribution in [0.5, 0.6) is 0 Å². The highest BCUT2D eigenvalue weighted by molar-refractivity contribution is 9.11. The Morgan fingerprint density at radius 1 is 1.32 bits per heavy atom. The highest BCUT2D eigenvalue weighted by Gasteiger charge is 2.27. The van der Waals surface area contributed by atoms with Crippen LogP contribution in [0.25, 0.3) is 5.69 Å². The molecule has 1 heterocycles. The van der Waals surface area contributed by atoms with E-state index in [1.54, 1.807) is 4.68 Å². The van der Waals surface area contributed by atoms with Gasteiger partial charge in [-0.15, -0.1) is 0 Å². The van der Waals surface area contributed by atoms with Crippen molar-refractivity contribution in [2.45, 2.75) is 19.3 Å². The lowest BCUT2D eigenvalue weighted by Gasteiger charge is -2.08. The monoisotopic (exact) mass is 384 g/mol. The number of carboxylic acids is 1. The molecule has 4 nitrogen and oxygen atoms in total. The van der Waals surface area contributed by atoms with E-state index in [0.29, 0.717) is 0 Å². The van der Waals surface area contributed by atoms with E-state index in [4.69, 9.17) is 0 Å². The first-order valence-corrected chi connectivity index (χ1v) is 7.46. The van der Waals surface area contributed by atoms with E-state index < -0.39 is 5.97 Å². The molecule has 0 bridgehead atoms. The molecule has 1 N–H and O–H groups in total. The minimum Gasteiger partial charge on any atom is -0.476 e. The van der Waals surface area contributed by atoms with E-state index in [9.17, 15) is 9.90 Å². The summed E-state index contributed by atoms with van der Waals surface area (Å²) in [5.74, 6) is -0.956. The Kier molecular flexibility index (Phi) is 3.22. The van der Waals surface area contributed by atoms with Crippen molar-refractivity contribution in [2.24, 2.45) is 0 Å². The van der Waals surface area contributed by atoms with E-state index in [-0.39, 0.29) is 5.69 Å². The van der Waals surface area contributed by atoms with Gasteiger partial charge in [0.2, 0.25) is 0 Å². The van der Waals surface area contributed by atoms with Crippen molar-refractivity contribution in [3.63, 3.8) is 0 Å². The third-order valence-electron chi connectivity index (χ3n) is 3.27. The summed E-state index contributed by atoms with van der Waals surface area (Å²) in [6.45, 7) is 0. The molecule has 0 atom stereocenters. The molecule has 0 aliphatic heterocycles. The van der Waals surface area contributed by atoms with Gasteiger partial charge < -0.3 is 5.11 Å². The third kappa shape index (κ3) is 2.12. The van der Waals surface area contributed by atoms with Gasteiger partial charge in [0.05, 0.1) is 5.69 Å². The van der Waals surface area contributed by atoms with Crippen LogP contribution in [0.15, 0.2) is 27.1 Å². The van der Waals surface area contributed by atoms with E-state index in [2.05, 4.69) is 37.0 Å². The smallest absolute Gasteiger partial charge is 0.356 e. The minimum atomic E-state index is -0.956. The lowest BCUT2D eigenvalue weighted by atomic mass is 10.2. The Labute approximate surface area is 126 Å². The summed E-state index contributed by atoms with van der Waals surface area (Å²) in [7, 11) is 0. The Balaban J connectivity index is 2.23. The van der Waals surface area contributed by atoms with Crippen LogP contribution in [-0.2, 0) is 12.8 Å². The lowest BCUT2D eigenvalue weighted by molar-refractivity contribution is 0.0689. The number of aromatic carboxylic acids is 1. The van der Waals surface area contributed by atoms with Crippen molar-refractivity contribution < 1.29 is 9.90 Å². The Hall–Kier alpha value is -1.14. The van der Waals surface area contributed by atoms with Crippen molar-refractivity contribution in [1.82, 2.24) is 9.78 Å². The number of rotatable bonds is 2. The van der Waals surface area contributed by atoms with Crippen LogP contribution in [0, 0.1) is 0 Å². The van der Waals surface area contributed by atoms with Gasteiger partial charge >= 0.3 is 5.97 Å². The fourth-order valence-electron chi connectivity index (χ4n) is 2.46. The number of carbonyl (C=O) groups is 1. The first-order valence-electron chi connectivity index (χ1n) is 5.87. The molecule has 0 fully saturated rings. The lowest BCUT2D eigenvalue weighted by Crippen LogP contribution is -2.05. The van der Waals surface area contributed by atoms with Crippen LogP contribution >= 0.6 is 31.9 Å². The van der Waals surface area contributed by atoms with Gasteiger partial charge in [-0.2, -0.15) is 5.10 Å². The highest BCUT2D eigenvalue weighted by atomic mass is 79.9. The number of halogens is 2. The summed E-state index contributed by atoms with van der Waals surface area (Å²) < 4.78 is 3.58. The highest BCUT2D eigenvalue weighted by Crippen LogP contribution is 2.31. The number of fused-ring (bicyclic) bond motifs is 1. The molecule has 2 aromatic rings. The van der Waals surface area contributed by atoms with Gasteiger partial charge in [0, 0.05) is 20.2 Å². The number of benzene rings is 1. The van der Waals surface area contributed by atoms with E-state index in [1.165, 1.54) is 0 Å². The summed E-state index contributed by atoms with van der Waals surface area (Å²) in [6, 6.07) is 5.78. The van der Waals surface area contributed by atoms with Crippen LogP contribution in [0.2, 0.25) is 0 Å². The van der Waals surface area contributed by atoms with Crippen molar-refractivity contribution in [3.05, 3.63) is 44.1 Å². The number of aromatic nitrogens is 2. The first-order chi connectivity index (χ1) is 9.08. The molecule has 3 rings (SSSR count). The summed E-state index contributed by atoms with van der Waals surface area (Å²) in [6.07, 6.45) is 2.65. The average molecular weight is 386 g/mol. The minimum absolute atomic E-state index is 0.180. The molecule has 0 unspecified atom stereocenters. The number of hydrogen-bond acceptors (Lipinski definition) is 2. The third-order valence-corrected chi connectivity index (χ3v) is 4.43. The maximum Gasteiger partial charge on any atom is 0.356 e. The predicted octanol–water partition coefficient (Wildman–Crippen LogP) is 3.58. The Morgan fingerprint density at radius 2 is 2.11 bits per heavy atom. The van der Waals surface area contributed by atoms with Crippen LogP contribution < -0.4 is 0 Å². The molecular formula is C13H10Br2N2O2.